The van der Waals surface area contributed by atoms with Crippen LogP contribution < -0.4 is 11.1 Å². The first-order chi connectivity index (χ1) is 9.38. The number of nitrogens with two attached hydrogens (primary N) is 1. The molecule has 0 radical (unpaired) electrons. The highest BCUT2D eigenvalue weighted by molar-refractivity contribution is 5.92. The van der Waals surface area contributed by atoms with Crippen molar-refractivity contribution in [2.75, 3.05) is 0 Å². The van der Waals surface area contributed by atoms with Crippen molar-refractivity contribution in [1.82, 2.24) is 5.32 Å². The van der Waals surface area contributed by atoms with Crippen molar-refractivity contribution in [2.45, 2.75) is 75.8 Å². The summed E-state index contributed by atoms with van der Waals surface area (Å²) in [6, 6.07) is 0. The van der Waals surface area contributed by atoms with Crippen LogP contribution in [0.15, 0.2) is 0 Å². The molecule has 0 saturated heterocycles. The van der Waals surface area contributed by atoms with Crippen LogP contribution in [0.2, 0.25) is 0 Å². The number of amides is 1. The number of hydrogen-bond acceptors (Lipinski definition) is 3. The van der Waals surface area contributed by atoms with E-state index in [-0.39, 0.29) is 5.91 Å². The van der Waals surface area contributed by atoms with Crippen molar-refractivity contribution >= 4 is 11.9 Å². The molecule has 4 N–H and O–H groups in total. The summed E-state index contributed by atoms with van der Waals surface area (Å²) < 4.78 is 0. The van der Waals surface area contributed by atoms with Gasteiger partial charge in [-0.15, -0.1) is 0 Å². The van der Waals surface area contributed by atoms with Crippen LogP contribution in [0.25, 0.3) is 0 Å². The van der Waals surface area contributed by atoms with E-state index in [9.17, 15) is 14.7 Å². The molecule has 2 rings (SSSR count). The van der Waals surface area contributed by atoms with Gasteiger partial charge in [0, 0.05) is 0 Å². The van der Waals surface area contributed by atoms with Crippen LogP contribution in [-0.2, 0) is 9.59 Å². The van der Waals surface area contributed by atoms with Crippen molar-refractivity contribution < 1.29 is 14.7 Å². The van der Waals surface area contributed by atoms with E-state index >= 15 is 0 Å². The van der Waals surface area contributed by atoms with Crippen LogP contribution in [0.4, 0.5) is 0 Å². The highest BCUT2D eigenvalue weighted by atomic mass is 16.4. The van der Waals surface area contributed by atoms with Crippen molar-refractivity contribution in [2.24, 2.45) is 11.7 Å². The molecule has 1 amide bonds. The van der Waals surface area contributed by atoms with E-state index in [4.69, 9.17) is 5.73 Å². The van der Waals surface area contributed by atoms with Crippen LogP contribution in [0.5, 0.6) is 0 Å². The molecule has 0 aromatic heterocycles. The third-order valence-electron chi connectivity index (χ3n) is 4.95. The van der Waals surface area contributed by atoms with Gasteiger partial charge in [-0.2, -0.15) is 0 Å². The minimum absolute atomic E-state index is 0.270. The second-order valence-corrected chi connectivity index (χ2v) is 6.76. The van der Waals surface area contributed by atoms with Crippen molar-refractivity contribution in [1.29, 1.82) is 0 Å². The average Bonchev–Trinajstić information content (AvgIpc) is 2.39. The SMILES string of the molecule is CC1CCCC(N)(C(=O)NC2(C(=O)O)CCCCC2)C1. The molecule has 114 valence electrons. The quantitative estimate of drug-likeness (QED) is 0.736. The molecule has 2 unspecified atom stereocenters. The first-order valence-electron chi connectivity index (χ1n) is 7.73. The topological polar surface area (TPSA) is 92.4 Å². The Labute approximate surface area is 120 Å². The smallest absolute Gasteiger partial charge is 0.329 e. The third-order valence-corrected chi connectivity index (χ3v) is 4.95. The van der Waals surface area contributed by atoms with Crippen molar-refractivity contribution in [3.05, 3.63) is 0 Å². The third kappa shape index (κ3) is 2.97. The van der Waals surface area contributed by atoms with Gasteiger partial charge in [0.05, 0.1) is 5.54 Å². The molecule has 0 aromatic carbocycles. The first-order valence-corrected chi connectivity index (χ1v) is 7.73. The monoisotopic (exact) mass is 282 g/mol. The fourth-order valence-corrected chi connectivity index (χ4v) is 3.69. The maximum absolute atomic E-state index is 12.5. The van der Waals surface area contributed by atoms with Gasteiger partial charge in [-0.1, -0.05) is 39.0 Å². The van der Waals surface area contributed by atoms with E-state index in [0.29, 0.717) is 31.6 Å². The normalized spacial score (nSPS) is 33.4. The number of carboxylic acids is 1. The summed E-state index contributed by atoms with van der Waals surface area (Å²) in [6.45, 7) is 2.10. The van der Waals surface area contributed by atoms with Crippen LogP contribution in [0.3, 0.4) is 0 Å². The number of carbonyl (C=O) groups excluding carboxylic acids is 1. The molecule has 2 saturated carbocycles. The Balaban J connectivity index is 2.10. The van der Waals surface area contributed by atoms with Gasteiger partial charge in [-0.05, 0) is 31.6 Å². The average molecular weight is 282 g/mol. The number of carboxylic acid groups (broad SMARTS) is 1. The van der Waals surface area contributed by atoms with Gasteiger partial charge in [0.15, 0.2) is 0 Å². The molecule has 2 aliphatic carbocycles. The molecule has 0 bridgehead atoms. The van der Waals surface area contributed by atoms with Crippen LogP contribution in [0, 0.1) is 5.92 Å². The van der Waals surface area contributed by atoms with Gasteiger partial charge in [-0.3, -0.25) is 4.79 Å². The summed E-state index contributed by atoms with van der Waals surface area (Å²) in [5.41, 5.74) is 4.28. The van der Waals surface area contributed by atoms with Crippen molar-refractivity contribution in [3.8, 4) is 0 Å². The predicted octanol–water partition coefficient (Wildman–Crippen LogP) is 1.80. The van der Waals surface area contributed by atoms with Crippen LogP contribution in [-0.4, -0.2) is 28.1 Å². The largest absolute Gasteiger partial charge is 0.480 e. The minimum Gasteiger partial charge on any atom is -0.480 e. The fourth-order valence-electron chi connectivity index (χ4n) is 3.69. The Morgan fingerprint density at radius 1 is 1.15 bits per heavy atom. The Hall–Kier alpha value is -1.10. The predicted molar refractivity (Wildman–Crippen MR) is 76.1 cm³/mol. The summed E-state index contributed by atoms with van der Waals surface area (Å²) >= 11 is 0. The second-order valence-electron chi connectivity index (χ2n) is 6.76. The molecule has 5 nitrogen and oxygen atoms in total. The lowest BCUT2D eigenvalue weighted by Gasteiger charge is -2.40. The minimum atomic E-state index is -1.09. The van der Waals surface area contributed by atoms with Gasteiger partial charge in [0.1, 0.15) is 5.54 Å². The van der Waals surface area contributed by atoms with Gasteiger partial charge >= 0.3 is 5.97 Å². The van der Waals surface area contributed by atoms with E-state index in [1.807, 2.05) is 0 Å². The fraction of sp³-hybridized carbons (Fsp3) is 0.867. The van der Waals surface area contributed by atoms with E-state index in [2.05, 4.69) is 12.2 Å². The number of carbonyl (C=O) groups is 2. The Morgan fingerprint density at radius 2 is 1.80 bits per heavy atom. The summed E-state index contributed by atoms with van der Waals surface area (Å²) in [6.07, 6.45) is 7.09. The lowest BCUT2D eigenvalue weighted by molar-refractivity contribution is -0.150. The zero-order valence-electron chi connectivity index (χ0n) is 12.3. The summed E-state index contributed by atoms with van der Waals surface area (Å²) in [5, 5.41) is 12.3. The second kappa shape index (κ2) is 5.72. The zero-order chi connectivity index (χ0) is 14.8. The molecule has 2 fully saturated rings. The molecule has 2 aliphatic rings. The Morgan fingerprint density at radius 3 is 2.35 bits per heavy atom. The summed E-state index contributed by atoms with van der Waals surface area (Å²) in [4.78, 5) is 24.2. The summed E-state index contributed by atoms with van der Waals surface area (Å²) in [7, 11) is 0. The van der Waals surface area contributed by atoms with Crippen LogP contribution >= 0.6 is 0 Å². The van der Waals surface area contributed by atoms with Gasteiger partial charge in [0.2, 0.25) is 5.91 Å². The number of hydrogen-bond donors (Lipinski definition) is 3. The highest BCUT2D eigenvalue weighted by Crippen LogP contribution is 2.33. The standard InChI is InChI=1S/C15H26N2O3/c1-11-6-5-7-14(16,10-11)12(18)17-15(13(19)20)8-3-2-4-9-15/h11H,2-10,16H2,1H3,(H,17,18)(H,19,20). The van der Waals surface area contributed by atoms with Crippen LogP contribution in [0.1, 0.15) is 64.7 Å². The lowest BCUT2D eigenvalue weighted by atomic mass is 9.75. The summed E-state index contributed by atoms with van der Waals surface area (Å²) in [5.74, 6) is -0.766. The van der Waals surface area contributed by atoms with Gasteiger partial charge in [-0.25, -0.2) is 4.79 Å². The van der Waals surface area contributed by atoms with E-state index in [0.717, 1.165) is 32.1 Å². The molecule has 5 heteroatoms. The molecule has 0 heterocycles. The maximum Gasteiger partial charge on any atom is 0.329 e. The molecular weight excluding hydrogens is 256 g/mol. The molecule has 0 aliphatic heterocycles. The van der Waals surface area contributed by atoms with E-state index < -0.39 is 17.0 Å². The van der Waals surface area contributed by atoms with Gasteiger partial charge in [0.25, 0.3) is 0 Å². The van der Waals surface area contributed by atoms with E-state index in [1.165, 1.54) is 0 Å². The number of nitrogens with one attached hydrogen (secondary N) is 1. The Bertz CT molecular complexity index is 391. The number of rotatable bonds is 3. The molecule has 2 atom stereocenters. The maximum atomic E-state index is 12.5. The molecule has 20 heavy (non-hydrogen) atoms. The molecule has 0 spiro atoms. The molecule has 0 aromatic rings. The van der Waals surface area contributed by atoms with E-state index in [1.54, 1.807) is 0 Å². The highest BCUT2D eigenvalue weighted by Gasteiger charge is 2.46. The lowest BCUT2D eigenvalue weighted by Crippen LogP contribution is -2.64. The Kier molecular flexibility index (Phi) is 4.37. The van der Waals surface area contributed by atoms with Gasteiger partial charge < -0.3 is 16.2 Å². The zero-order valence-corrected chi connectivity index (χ0v) is 12.3. The van der Waals surface area contributed by atoms with Crippen molar-refractivity contribution in [3.63, 3.8) is 0 Å². The molecular formula is C15H26N2O3. The first kappa shape index (κ1) is 15.3. The number of aliphatic carboxylic acids is 1.